The Morgan fingerprint density at radius 1 is 1.24 bits per heavy atom. The van der Waals surface area contributed by atoms with Crippen molar-refractivity contribution in [3.63, 3.8) is 0 Å². The van der Waals surface area contributed by atoms with Gasteiger partial charge in [0.15, 0.2) is 0 Å². The van der Waals surface area contributed by atoms with Gasteiger partial charge < -0.3 is 10.6 Å². The van der Waals surface area contributed by atoms with Crippen molar-refractivity contribution in [2.75, 3.05) is 19.6 Å². The van der Waals surface area contributed by atoms with Crippen molar-refractivity contribution >= 4 is 23.2 Å². The lowest BCUT2D eigenvalue weighted by molar-refractivity contribution is -0.125. The van der Waals surface area contributed by atoms with Crippen LogP contribution in [0.25, 0.3) is 0 Å². The average Bonchev–Trinajstić information content (AvgIpc) is 2.93. The molecule has 1 aliphatic rings. The number of piperazine rings is 1. The van der Waals surface area contributed by atoms with E-state index in [1.54, 1.807) is 4.90 Å². The Hall–Kier alpha value is -2.25. The number of nitrogens with zero attached hydrogens (tertiary/aromatic N) is 3. The molecule has 1 fully saturated rings. The van der Waals surface area contributed by atoms with Gasteiger partial charge in [-0.2, -0.15) is 0 Å². The third kappa shape index (κ3) is 3.88. The van der Waals surface area contributed by atoms with Gasteiger partial charge in [-0.25, -0.2) is 4.98 Å². The molecule has 25 heavy (non-hydrogen) atoms. The second-order valence-corrected chi connectivity index (χ2v) is 7.48. The number of aryl methyl sites for hydroxylation is 2. The molecular formula is C18H22N4O2S. The number of amides is 2. The molecule has 0 bridgehead atoms. The van der Waals surface area contributed by atoms with E-state index < -0.39 is 11.9 Å². The van der Waals surface area contributed by atoms with Crippen molar-refractivity contribution in [3.05, 3.63) is 51.5 Å². The minimum Gasteiger partial charge on any atom is -0.368 e. The summed E-state index contributed by atoms with van der Waals surface area (Å²) in [5.41, 5.74) is 7.49. The van der Waals surface area contributed by atoms with E-state index in [0.29, 0.717) is 31.1 Å². The van der Waals surface area contributed by atoms with Crippen LogP contribution in [-0.2, 0) is 11.3 Å². The molecule has 132 valence electrons. The molecule has 2 amide bonds. The number of primary amides is 1. The van der Waals surface area contributed by atoms with E-state index >= 15 is 0 Å². The summed E-state index contributed by atoms with van der Waals surface area (Å²) in [4.78, 5) is 33.5. The van der Waals surface area contributed by atoms with E-state index in [4.69, 9.17) is 5.73 Å². The first-order valence-corrected chi connectivity index (χ1v) is 9.08. The highest BCUT2D eigenvalue weighted by atomic mass is 32.1. The van der Waals surface area contributed by atoms with Gasteiger partial charge in [-0.15, -0.1) is 11.3 Å². The maximum Gasteiger partial charge on any atom is 0.265 e. The van der Waals surface area contributed by atoms with Crippen LogP contribution in [0.1, 0.15) is 25.9 Å². The highest BCUT2D eigenvalue weighted by Crippen LogP contribution is 2.22. The Balaban J connectivity index is 1.74. The number of thiazole rings is 1. The molecule has 0 spiro atoms. The molecule has 0 aliphatic carbocycles. The van der Waals surface area contributed by atoms with E-state index in [2.05, 4.69) is 4.98 Å². The normalized spacial score (nSPS) is 18.3. The quantitative estimate of drug-likeness (QED) is 0.900. The second kappa shape index (κ2) is 7.33. The van der Waals surface area contributed by atoms with Crippen LogP contribution in [0.2, 0.25) is 0 Å². The molecule has 1 aromatic carbocycles. The summed E-state index contributed by atoms with van der Waals surface area (Å²) in [7, 11) is 0. The van der Waals surface area contributed by atoms with E-state index in [-0.39, 0.29) is 5.91 Å². The first-order chi connectivity index (χ1) is 12.0. The zero-order chi connectivity index (χ0) is 18.0. The molecule has 6 nitrogen and oxygen atoms in total. The summed E-state index contributed by atoms with van der Waals surface area (Å²) >= 11 is 1.40. The van der Waals surface area contributed by atoms with Gasteiger partial charge in [-0.3, -0.25) is 14.5 Å². The number of aromatic nitrogens is 1. The molecule has 1 aromatic heterocycles. The van der Waals surface area contributed by atoms with Gasteiger partial charge in [0.1, 0.15) is 10.9 Å². The predicted molar refractivity (Wildman–Crippen MR) is 97.3 cm³/mol. The second-order valence-electron chi connectivity index (χ2n) is 6.27. The van der Waals surface area contributed by atoms with Crippen LogP contribution in [0.15, 0.2) is 30.3 Å². The van der Waals surface area contributed by atoms with Gasteiger partial charge in [-0.1, -0.05) is 30.3 Å². The maximum atomic E-state index is 12.8. The molecule has 2 heterocycles. The Bertz CT molecular complexity index is 775. The molecule has 1 unspecified atom stereocenters. The molecule has 0 radical (unpaired) electrons. The molecule has 2 N–H and O–H groups in total. The minimum atomic E-state index is -0.479. The van der Waals surface area contributed by atoms with Crippen molar-refractivity contribution in [1.82, 2.24) is 14.8 Å². The number of benzene rings is 1. The van der Waals surface area contributed by atoms with E-state index in [9.17, 15) is 9.59 Å². The van der Waals surface area contributed by atoms with Gasteiger partial charge >= 0.3 is 0 Å². The Labute approximate surface area is 151 Å². The van der Waals surface area contributed by atoms with E-state index in [1.165, 1.54) is 11.3 Å². The average molecular weight is 358 g/mol. The number of hydrogen-bond acceptors (Lipinski definition) is 5. The van der Waals surface area contributed by atoms with Crippen molar-refractivity contribution < 1.29 is 9.59 Å². The van der Waals surface area contributed by atoms with Crippen molar-refractivity contribution in [2.45, 2.75) is 26.4 Å². The van der Waals surface area contributed by atoms with Crippen LogP contribution in [0, 0.1) is 13.8 Å². The van der Waals surface area contributed by atoms with Crippen LogP contribution in [0.3, 0.4) is 0 Å². The Kier molecular flexibility index (Phi) is 5.15. The zero-order valence-corrected chi connectivity index (χ0v) is 15.3. The predicted octanol–water partition coefficient (Wildman–Crippen LogP) is 1.57. The lowest BCUT2D eigenvalue weighted by Gasteiger charge is -2.39. The zero-order valence-electron chi connectivity index (χ0n) is 14.4. The molecule has 0 saturated carbocycles. The third-order valence-electron chi connectivity index (χ3n) is 4.43. The van der Waals surface area contributed by atoms with Crippen LogP contribution >= 0.6 is 11.3 Å². The summed E-state index contributed by atoms with van der Waals surface area (Å²) in [5.74, 6) is -0.459. The number of carbonyl (C=O) groups excluding carboxylic acids is 2. The van der Waals surface area contributed by atoms with Gasteiger partial charge in [-0.05, 0) is 19.4 Å². The smallest absolute Gasteiger partial charge is 0.265 e. The first kappa shape index (κ1) is 17.6. The molecule has 7 heteroatoms. The van der Waals surface area contributed by atoms with Crippen LogP contribution in [0.5, 0.6) is 0 Å². The van der Waals surface area contributed by atoms with Crippen molar-refractivity contribution in [1.29, 1.82) is 0 Å². The first-order valence-electron chi connectivity index (χ1n) is 8.26. The monoisotopic (exact) mass is 358 g/mol. The molecule has 1 saturated heterocycles. The van der Waals surface area contributed by atoms with Gasteiger partial charge in [0.25, 0.3) is 5.91 Å². The fourth-order valence-electron chi connectivity index (χ4n) is 3.16. The third-order valence-corrected chi connectivity index (χ3v) is 5.49. The van der Waals surface area contributed by atoms with Gasteiger partial charge in [0.2, 0.25) is 5.91 Å². The molecule has 3 rings (SSSR count). The van der Waals surface area contributed by atoms with Crippen LogP contribution < -0.4 is 5.73 Å². The topological polar surface area (TPSA) is 79.5 Å². The lowest BCUT2D eigenvalue weighted by atomic mass is 10.1. The van der Waals surface area contributed by atoms with Crippen LogP contribution in [0.4, 0.5) is 0 Å². The summed E-state index contributed by atoms with van der Waals surface area (Å²) in [6, 6.07) is 9.49. The summed E-state index contributed by atoms with van der Waals surface area (Å²) < 4.78 is 0. The van der Waals surface area contributed by atoms with Crippen molar-refractivity contribution in [3.8, 4) is 0 Å². The number of carbonyl (C=O) groups is 2. The van der Waals surface area contributed by atoms with Gasteiger partial charge in [0.05, 0.1) is 10.7 Å². The fourth-order valence-corrected chi connectivity index (χ4v) is 4.04. The number of hydrogen-bond donors (Lipinski definition) is 1. The van der Waals surface area contributed by atoms with Gasteiger partial charge in [0, 0.05) is 26.2 Å². The molecule has 2 aromatic rings. The number of nitrogens with two attached hydrogens (primary N) is 1. The molecule has 1 aliphatic heterocycles. The standard InChI is InChI=1S/C18H22N4O2S/c1-12-16(25-13(2)20-12)18(24)22-9-8-21(15(11-22)17(19)23)10-14-6-4-3-5-7-14/h3-7,15H,8-11H2,1-2H3,(H2,19,23). The lowest BCUT2D eigenvalue weighted by Crippen LogP contribution is -2.58. The Morgan fingerprint density at radius 3 is 2.56 bits per heavy atom. The van der Waals surface area contributed by atoms with E-state index in [0.717, 1.165) is 16.3 Å². The molecular weight excluding hydrogens is 336 g/mol. The fraction of sp³-hybridized carbons (Fsp3) is 0.389. The highest BCUT2D eigenvalue weighted by molar-refractivity contribution is 7.13. The summed E-state index contributed by atoms with van der Waals surface area (Å²) in [5, 5.41) is 0.870. The maximum absolute atomic E-state index is 12.8. The van der Waals surface area contributed by atoms with Crippen LogP contribution in [-0.4, -0.2) is 52.3 Å². The highest BCUT2D eigenvalue weighted by Gasteiger charge is 2.34. The summed E-state index contributed by atoms with van der Waals surface area (Å²) in [6.07, 6.45) is 0. The number of rotatable bonds is 4. The largest absolute Gasteiger partial charge is 0.368 e. The van der Waals surface area contributed by atoms with Crippen molar-refractivity contribution in [2.24, 2.45) is 5.73 Å². The molecule has 1 atom stereocenters. The summed E-state index contributed by atoms with van der Waals surface area (Å²) in [6.45, 7) is 5.88. The Morgan fingerprint density at radius 2 is 1.96 bits per heavy atom. The minimum absolute atomic E-state index is 0.0614. The van der Waals surface area contributed by atoms with E-state index in [1.807, 2.05) is 49.1 Å². The SMILES string of the molecule is Cc1nc(C)c(C(=O)N2CCN(Cc3ccccc3)C(C(N)=O)C2)s1.